The summed E-state index contributed by atoms with van der Waals surface area (Å²) in [5.41, 5.74) is 0.552. The van der Waals surface area contributed by atoms with Crippen LogP contribution in [0.3, 0.4) is 0 Å². The zero-order valence-electron chi connectivity index (χ0n) is 10.9. The maximum atomic E-state index is 11.9. The molecule has 0 aliphatic carbocycles. The zero-order valence-corrected chi connectivity index (χ0v) is 12.5. The van der Waals surface area contributed by atoms with Gasteiger partial charge in [-0.1, -0.05) is 0 Å². The van der Waals surface area contributed by atoms with Gasteiger partial charge in [0.1, 0.15) is 5.69 Å². The van der Waals surface area contributed by atoms with Crippen molar-refractivity contribution in [3.05, 3.63) is 22.4 Å². The minimum atomic E-state index is -0.236. The molecule has 0 saturated carbocycles. The molecule has 5 nitrogen and oxygen atoms in total. The number of carbonyl (C=O) groups excluding carboxylic acids is 2. The Hall–Kier alpha value is -1.30. The molecular formula is C12H18BrN3O2. The van der Waals surface area contributed by atoms with Crippen molar-refractivity contribution in [2.45, 2.75) is 20.4 Å². The first kappa shape index (κ1) is 14.8. The van der Waals surface area contributed by atoms with Crippen LogP contribution >= 0.6 is 15.9 Å². The Balaban J connectivity index is 2.63. The molecule has 18 heavy (non-hydrogen) atoms. The number of nitrogens with zero attached hydrogens (tertiary/aromatic N) is 2. The van der Waals surface area contributed by atoms with E-state index in [-0.39, 0.29) is 18.4 Å². The van der Waals surface area contributed by atoms with Gasteiger partial charge in [-0.2, -0.15) is 0 Å². The van der Waals surface area contributed by atoms with Gasteiger partial charge in [0.05, 0.1) is 6.54 Å². The summed E-state index contributed by atoms with van der Waals surface area (Å²) in [6.45, 7) is 5.21. The number of hydrogen-bond acceptors (Lipinski definition) is 2. The Kier molecular flexibility index (Phi) is 5.40. The predicted molar refractivity (Wildman–Crippen MR) is 73.5 cm³/mol. The number of hydrogen-bond donors (Lipinski definition) is 1. The van der Waals surface area contributed by atoms with E-state index in [1.807, 2.05) is 24.6 Å². The Morgan fingerprint density at radius 2 is 2.11 bits per heavy atom. The second-order valence-corrected chi connectivity index (χ2v) is 4.84. The van der Waals surface area contributed by atoms with Crippen molar-refractivity contribution in [2.75, 3.05) is 20.1 Å². The first-order valence-electron chi connectivity index (χ1n) is 5.87. The third-order valence-electron chi connectivity index (χ3n) is 2.74. The fourth-order valence-corrected chi connectivity index (χ4v) is 1.95. The van der Waals surface area contributed by atoms with Crippen molar-refractivity contribution in [3.63, 3.8) is 0 Å². The lowest BCUT2D eigenvalue weighted by Gasteiger charge is -2.14. The highest BCUT2D eigenvalue weighted by molar-refractivity contribution is 9.10. The molecule has 0 fully saturated rings. The summed E-state index contributed by atoms with van der Waals surface area (Å²) < 4.78 is 2.68. The van der Waals surface area contributed by atoms with Gasteiger partial charge in [-0.05, 0) is 35.8 Å². The molecule has 1 aromatic heterocycles. The Morgan fingerprint density at radius 3 is 2.67 bits per heavy atom. The van der Waals surface area contributed by atoms with Gasteiger partial charge < -0.3 is 14.8 Å². The number of nitrogens with one attached hydrogen (secondary N) is 1. The van der Waals surface area contributed by atoms with Crippen LogP contribution in [0.4, 0.5) is 0 Å². The zero-order chi connectivity index (χ0) is 13.7. The van der Waals surface area contributed by atoms with E-state index in [9.17, 15) is 9.59 Å². The standard InChI is InChI=1S/C12H18BrN3O2/c1-4-15(3)11(17)7-14-12(18)10-6-9(13)8-16(10)5-2/h6,8H,4-5,7H2,1-3H3,(H,14,18). The number of halogens is 1. The lowest BCUT2D eigenvalue weighted by molar-refractivity contribution is -0.128. The Labute approximate surface area is 115 Å². The summed E-state index contributed by atoms with van der Waals surface area (Å²) in [6.07, 6.45) is 1.84. The summed E-state index contributed by atoms with van der Waals surface area (Å²) in [6, 6.07) is 1.74. The molecular weight excluding hydrogens is 298 g/mol. The lowest BCUT2D eigenvalue weighted by atomic mass is 10.4. The monoisotopic (exact) mass is 315 g/mol. The number of aromatic nitrogens is 1. The number of rotatable bonds is 5. The maximum absolute atomic E-state index is 11.9. The number of carbonyl (C=O) groups is 2. The van der Waals surface area contributed by atoms with Crippen molar-refractivity contribution in [1.29, 1.82) is 0 Å². The van der Waals surface area contributed by atoms with E-state index in [4.69, 9.17) is 0 Å². The van der Waals surface area contributed by atoms with Crippen LogP contribution in [0, 0.1) is 0 Å². The van der Waals surface area contributed by atoms with Gasteiger partial charge in [-0.3, -0.25) is 9.59 Å². The fourth-order valence-electron chi connectivity index (χ4n) is 1.48. The molecule has 100 valence electrons. The van der Waals surface area contributed by atoms with Crippen LogP contribution in [-0.2, 0) is 11.3 Å². The van der Waals surface area contributed by atoms with Crippen LogP contribution in [0.2, 0.25) is 0 Å². The molecule has 1 N–H and O–H groups in total. The van der Waals surface area contributed by atoms with Crippen LogP contribution in [0.15, 0.2) is 16.7 Å². The molecule has 0 radical (unpaired) electrons. The quantitative estimate of drug-likeness (QED) is 0.894. The van der Waals surface area contributed by atoms with Crippen molar-refractivity contribution in [3.8, 4) is 0 Å². The average molecular weight is 316 g/mol. The smallest absolute Gasteiger partial charge is 0.268 e. The van der Waals surface area contributed by atoms with Crippen LogP contribution in [0.25, 0.3) is 0 Å². The molecule has 0 atom stereocenters. The van der Waals surface area contributed by atoms with E-state index in [1.54, 1.807) is 18.0 Å². The SMILES string of the molecule is CCN(C)C(=O)CNC(=O)c1cc(Br)cn1CC. The molecule has 1 heterocycles. The Morgan fingerprint density at radius 1 is 1.44 bits per heavy atom. The van der Waals surface area contributed by atoms with Gasteiger partial charge in [-0.15, -0.1) is 0 Å². The van der Waals surface area contributed by atoms with Crippen molar-refractivity contribution in [1.82, 2.24) is 14.8 Å². The second kappa shape index (κ2) is 6.58. The van der Waals surface area contributed by atoms with E-state index < -0.39 is 0 Å². The van der Waals surface area contributed by atoms with Crippen molar-refractivity contribution >= 4 is 27.7 Å². The van der Waals surface area contributed by atoms with Crippen LogP contribution in [0.5, 0.6) is 0 Å². The molecule has 0 unspecified atom stereocenters. The molecule has 1 aromatic rings. The maximum Gasteiger partial charge on any atom is 0.268 e. The molecule has 0 saturated heterocycles. The van der Waals surface area contributed by atoms with Crippen LogP contribution in [0.1, 0.15) is 24.3 Å². The van der Waals surface area contributed by atoms with Crippen molar-refractivity contribution in [2.24, 2.45) is 0 Å². The summed E-state index contributed by atoms with van der Waals surface area (Å²) >= 11 is 3.33. The molecule has 0 aliphatic heterocycles. The molecule has 0 spiro atoms. The molecule has 6 heteroatoms. The van der Waals surface area contributed by atoms with E-state index in [0.29, 0.717) is 18.8 Å². The topological polar surface area (TPSA) is 54.3 Å². The van der Waals surface area contributed by atoms with Gasteiger partial charge >= 0.3 is 0 Å². The first-order chi connectivity index (χ1) is 8.49. The van der Waals surface area contributed by atoms with E-state index in [1.165, 1.54) is 0 Å². The third kappa shape index (κ3) is 3.60. The molecule has 2 amide bonds. The average Bonchev–Trinajstić information content (AvgIpc) is 2.75. The molecule has 0 bridgehead atoms. The highest BCUT2D eigenvalue weighted by Gasteiger charge is 2.14. The summed E-state index contributed by atoms with van der Waals surface area (Å²) in [4.78, 5) is 25.1. The lowest BCUT2D eigenvalue weighted by Crippen LogP contribution is -2.38. The van der Waals surface area contributed by atoms with Gasteiger partial charge in [0, 0.05) is 30.8 Å². The highest BCUT2D eigenvalue weighted by atomic mass is 79.9. The number of aryl methyl sites for hydroxylation is 1. The second-order valence-electron chi connectivity index (χ2n) is 3.92. The summed E-state index contributed by atoms with van der Waals surface area (Å²) in [5, 5.41) is 2.63. The summed E-state index contributed by atoms with van der Waals surface area (Å²) in [7, 11) is 1.71. The molecule has 0 aliphatic rings. The van der Waals surface area contributed by atoms with E-state index >= 15 is 0 Å². The number of amides is 2. The highest BCUT2D eigenvalue weighted by Crippen LogP contribution is 2.14. The normalized spacial score (nSPS) is 10.2. The largest absolute Gasteiger partial charge is 0.345 e. The summed E-state index contributed by atoms with van der Waals surface area (Å²) in [5.74, 6) is -0.333. The first-order valence-corrected chi connectivity index (χ1v) is 6.66. The predicted octanol–water partition coefficient (Wildman–Crippen LogP) is 1.48. The fraction of sp³-hybridized carbons (Fsp3) is 0.500. The van der Waals surface area contributed by atoms with Crippen LogP contribution in [-0.4, -0.2) is 41.4 Å². The van der Waals surface area contributed by atoms with E-state index in [0.717, 1.165) is 4.47 Å². The van der Waals surface area contributed by atoms with Gasteiger partial charge in [0.15, 0.2) is 0 Å². The molecule has 0 aromatic carbocycles. The minimum absolute atomic E-state index is 0.0235. The van der Waals surface area contributed by atoms with Gasteiger partial charge in [-0.25, -0.2) is 0 Å². The van der Waals surface area contributed by atoms with Crippen molar-refractivity contribution < 1.29 is 9.59 Å². The van der Waals surface area contributed by atoms with Crippen LogP contribution < -0.4 is 5.32 Å². The minimum Gasteiger partial charge on any atom is -0.345 e. The number of likely N-dealkylation sites (N-methyl/N-ethyl adjacent to an activating group) is 1. The molecule has 1 rings (SSSR count). The Bertz CT molecular complexity index is 443. The van der Waals surface area contributed by atoms with Gasteiger partial charge in [0.25, 0.3) is 5.91 Å². The van der Waals surface area contributed by atoms with E-state index in [2.05, 4.69) is 21.2 Å². The third-order valence-corrected chi connectivity index (χ3v) is 3.17. The van der Waals surface area contributed by atoms with Gasteiger partial charge in [0.2, 0.25) is 5.91 Å².